The molecule has 0 unspecified atom stereocenters. The monoisotopic (exact) mass is 121 g/mol. The van der Waals surface area contributed by atoms with Crippen molar-refractivity contribution in [2.45, 2.75) is 0 Å². The fraction of sp³-hybridized carbons (Fsp3) is 0. The van der Waals surface area contributed by atoms with Crippen LogP contribution in [0.4, 0.5) is 9.41 Å². The molecule has 0 saturated carbocycles. The van der Waals surface area contributed by atoms with Crippen LogP contribution in [0, 0.1) is 4.78 Å². The van der Waals surface area contributed by atoms with Gasteiger partial charge in [0, 0.05) is 12.4 Å². The molecule has 0 amide bonds. The highest BCUT2D eigenvalue weighted by Crippen LogP contribution is 0.749. The molecule has 0 aromatic carbocycles. The summed E-state index contributed by atoms with van der Waals surface area (Å²) < 4.78 is 5.33. The van der Waals surface area contributed by atoms with Crippen molar-refractivity contribution in [3.8, 4) is 0 Å². The van der Waals surface area contributed by atoms with E-state index in [-0.39, 0.29) is 21.7 Å². The summed E-state index contributed by atoms with van der Waals surface area (Å²) in [6.45, 7) is 0. The molecule has 0 aliphatic carbocycles. The smallest absolute Gasteiger partial charge is 0.0324 e. The normalized spacial score (nSPS) is 0.667. The van der Waals surface area contributed by atoms with Gasteiger partial charge in [-0.15, -0.1) is 0 Å². The third kappa shape index (κ3) is 745. The lowest BCUT2D eigenvalue weighted by Gasteiger charge is -0.821. The summed E-state index contributed by atoms with van der Waals surface area (Å²) in [6.07, 6.45) is 0. The first-order chi connectivity index (χ1) is 1.00. The molecule has 44 valence electrons. The number of nitrogens with one attached hydrogen (secondary N) is 1. The van der Waals surface area contributed by atoms with E-state index in [2.05, 4.69) is 12.4 Å². The highest BCUT2D eigenvalue weighted by molar-refractivity contribution is 7.45. The van der Waals surface area contributed by atoms with Gasteiger partial charge in [0.1, 0.15) is 0 Å². The second-order valence-electron chi connectivity index (χ2n) is 0. The molecule has 0 aromatic rings. The van der Waals surface area contributed by atoms with E-state index in [9.17, 15) is 0 Å². The standard InChI is InChI=1S/2FH.HNS.2H3N/c;;1-2;;/h2*1H;1H;2*1H3. The van der Waals surface area contributed by atoms with E-state index in [1.54, 1.807) is 0 Å². The van der Waals surface area contributed by atoms with Gasteiger partial charge in [-0.2, -0.15) is 0 Å². The summed E-state index contributed by atoms with van der Waals surface area (Å²) in [7, 11) is 0. The molecule has 0 heterocycles. The molecule has 0 aromatic heterocycles. The predicted octanol–water partition coefficient (Wildman–Crippen LogP) is 0.925. The first-order valence-electron chi connectivity index (χ1n) is 0.204. The van der Waals surface area contributed by atoms with Crippen LogP contribution in [0.3, 0.4) is 0 Å². The van der Waals surface area contributed by atoms with Crippen LogP contribution in [0.2, 0.25) is 0 Å². The van der Waals surface area contributed by atoms with E-state index in [1.165, 1.54) is 0 Å². The molecule has 0 fully saturated rings. The van der Waals surface area contributed by atoms with E-state index in [1.807, 2.05) is 0 Å². The van der Waals surface area contributed by atoms with Gasteiger partial charge in [0.15, 0.2) is 0 Å². The molecule has 7 N–H and O–H groups in total. The van der Waals surface area contributed by atoms with Gasteiger partial charge >= 0.3 is 0 Å². The minimum atomic E-state index is 0. The maximum absolute atomic E-state index is 5.33. The lowest BCUT2D eigenvalue weighted by molar-refractivity contribution is 1.11. The summed E-state index contributed by atoms with van der Waals surface area (Å²) >= 11 is 3.33. The van der Waals surface area contributed by atoms with Crippen LogP contribution in [0.15, 0.2) is 0 Å². The maximum atomic E-state index is 5.33. The summed E-state index contributed by atoms with van der Waals surface area (Å²) in [5, 5.41) is 0. The molecule has 0 bridgehead atoms. The number of hydrogen-bond acceptors (Lipinski definition) is 4. The zero-order chi connectivity index (χ0) is 2.00. The van der Waals surface area contributed by atoms with Crippen molar-refractivity contribution in [2.24, 2.45) is 0 Å². The third-order valence-electron chi connectivity index (χ3n) is 0. The average molecular weight is 121 g/mol. The molecule has 6 heteroatoms. The fourth-order valence-corrected chi connectivity index (χ4v) is 0. The summed E-state index contributed by atoms with van der Waals surface area (Å²) in [5.41, 5.74) is 0. The fourth-order valence-electron chi connectivity index (χ4n) is 0. The average Bonchev–Trinajstić information content (AvgIpc) is 1.00. The Morgan fingerprint density at radius 3 is 0.833 bits per heavy atom. The summed E-state index contributed by atoms with van der Waals surface area (Å²) in [5.74, 6) is 0. The second-order valence-corrected chi connectivity index (χ2v) is 0. The van der Waals surface area contributed by atoms with Gasteiger partial charge in [0.05, 0.1) is 0 Å². The lowest BCUT2D eigenvalue weighted by atomic mass is 14.0. The molecule has 0 saturated heterocycles. The quantitative estimate of drug-likeness (QED) is 0.444. The van der Waals surface area contributed by atoms with Crippen LogP contribution in [-0.4, -0.2) is 0 Å². The van der Waals surface area contributed by atoms with E-state index < -0.39 is 0 Å². The molecule has 0 aliphatic rings. The van der Waals surface area contributed by atoms with E-state index >= 15 is 0 Å². The Morgan fingerprint density at radius 2 is 0.833 bits per heavy atom. The van der Waals surface area contributed by atoms with E-state index in [0.29, 0.717) is 0 Å². The molecule has 6 heavy (non-hydrogen) atoms. The van der Waals surface area contributed by atoms with E-state index in [4.69, 9.17) is 4.78 Å². The predicted molar refractivity (Wildman–Crippen MR) is 25.1 cm³/mol. The van der Waals surface area contributed by atoms with Crippen molar-refractivity contribution >= 4 is 12.4 Å². The van der Waals surface area contributed by atoms with Gasteiger partial charge in [-0.25, -0.2) is 4.78 Å². The van der Waals surface area contributed by atoms with Crippen LogP contribution in [0.5, 0.6) is 0 Å². The van der Waals surface area contributed by atoms with Gasteiger partial charge in [-0.3, -0.25) is 9.41 Å². The van der Waals surface area contributed by atoms with Crippen LogP contribution >= 0.6 is 0 Å². The molecule has 0 atom stereocenters. The van der Waals surface area contributed by atoms with Gasteiger partial charge in [-0.1, -0.05) is 0 Å². The Bertz CT molecular complexity index is 8.75. The molecule has 0 radical (unpaired) electrons. The molecular weight excluding hydrogens is 112 g/mol. The topological polar surface area (TPSA) is 93.8 Å². The Labute approximate surface area is 40.0 Å². The van der Waals surface area contributed by atoms with Gasteiger partial charge in [0.2, 0.25) is 0 Å². The van der Waals surface area contributed by atoms with E-state index in [0.717, 1.165) is 0 Å². The summed E-state index contributed by atoms with van der Waals surface area (Å²) in [6, 6.07) is 0. The third-order valence-corrected chi connectivity index (χ3v) is 0. The molecular formula is H9F2N3S. The number of hydrogen-bond donors (Lipinski definition) is 3. The number of halogens is 2. The minimum absolute atomic E-state index is 0. The zero-order valence-electron chi connectivity index (χ0n) is 3.14. The van der Waals surface area contributed by atoms with Crippen LogP contribution < -0.4 is 12.3 Å². The maximum Gasteiger partial charge on any atom is 0.0324 e. The highest BCUT2D eigenvalue weighted by Gasteiger charge is 0.618. The first-order valence-corrected chi connectivity index (χ1v) is 0.612. The van der Waals surface area contributed by atoms with Crippen molar-refractivity contribution in [2.75, 3.05) is 0 Å². The first kappa shape index (κ1) is 209. The molecule has 3 nitrogen and oxygen atoms in total. The van der Waals surface area contributed by atoms with Crippen molar-refractivity contribution in [3.05, 3.63) is 0 Å². The Balaban J connectivity index is -0.000000000833. The summed E-state index contributed by atoms with van der Waals surface area (Å²) in [4.78, 5) is 0. The van der Waals surface area contributed by atoms with Crippen molar-refractivity contribution in [3.63, 3.8) is 0 Å². The van der Waals surface area contributed by atoms with Gasteiger partial charge < -0.3 is 12.3 Å². The largest absolute Gasteiger partial charge is 0.344 e. The van der Waals surface area contributed by atoms with Crippen molar-refractivity contribution in [1.82, 2.24) is 12.3 Å². The molecule has 0 rings (SSSR count). The van der Waals surface area contributed by atoms with Crippen LogP contribution in [0.1, 0.15) is 0 Å². The number of rotatable bonds is 0. The zero-order valence-corrected chi connectivity index (χ0v) is 3.96. The minimum Gasteiger partial charge on any atom is -0.344 e. The van der Waals surface area contributed by atoms with Gasteiger partial charge in [-0.05, 0) is 0 Å². The SMILES string of the molecule is F.F.N.N.N=S. The Morgan fingerprint density at radius 1 is 0.833 bits per heavy atom. The van der Waals surface area contributed by atoms with Gasteiger partial charge in [0.25, 0.3) is 0 Å². The molecule has 0 aliphatic heterocycles. The highest BCUT2D eigenvalue weighted by atomic mass is 32.1. The molecule has 0 spiro atoms. The lowest BCUT2D eigenvalue weighted by Crippen LogP contribution is -0.668. The van der Waals surface area contributed by atoms with Crippen LogP contribution in [-0.2, 0) is 12.4 Å². The van der Waals surface area contributed by atoms with Crippen LogP contribution in [0.25, 0.3) is 0 Å². The van der Waals surface area contributed by atoms with Crippen molar-refractivity contribution in [1.29, 1.82) is 4.78 Å². The Kier molecular flexibility index (Phi) is 60300. The second kappa shape index (κ2) is 1730. The Hall–Kier alpha value is -0.200. The van der Waals surface area contributed by atoms with Crippen molar-refractivity contribution < 1.29 is 9.41 Å².